The van der Waals surface area contributed by atoms with E-state index in [9.17, 15) is 9.59 Å². The summed E-state index contributed by atoms with van der Waals surface area (Å²) >= 11 is 0. The summed E-state index contributed by atoms with van der Waals surface area (Å²) < 4.78 is 17.3. The fourth-order valence-corrected chi connectivity index (χ4v) is 7.81. The van der Waals surface area contributed by atoms with Gasteiger partial charge in [0, 0.05) is 19.4 Å². The van der Waals surface area contributed by atoms with Crippen LogP contribution in [0.4, 0.5) is 0 Å². The number of carbonyl (C=O) groups is 2. The second kappa shape index (κ2) is 48.3. The number of ether oxygens (including phenoxy) is 3. The fourth-order valence-electron chi connectivity index (χ4n) is 7.81. The van der Waals surface area contributed by atoms with Crippen molar-refractivity contribution in [3.63, 3.8) is 0 Å². The highest BCUT2D eigenvalue weighted by Crippen LogP contribution is 2.16. The van der Waals surface area contributed by atoms with Crippen molar-refractivity contribution in [2.75, 3.05) is 19.8 Å². The molecule has 0 heterocycles. The van der Waals surface area contributed by atoms with Gasteiger partial charge in [-0.3, -0.25) is 9.59 Å². The normalized spacial score (nSPS) is 12.0. The predicted molar refractivity (Wildman–Crippen MR) is 243 cm³/mol. The SMILES string of the molecule is CCCCCCCCCCCCCCCCCCCCCCOCC(COC(=O)CCCCCCCCCCCCCCC)OC(=O)CCCCCCCCC. The van der Waals surface area contributed by atoms with Gasteiger partial charge in [0.05, 0.1) is 6.61 Å². The maximum atomic E-state index is 12.6. The van der Waals surface area contributed by atoms with Crippen molar-refractivity contribution in [2.24, 2.45) is 0 Å². The molecule has 0 aliphatic heterocycles. The van der Waals surface area contributed by atoms with Crippen molar-refractivity contribution in [1.82, 2.24) is 0 Å². The van der Waals surface area contributed by atoms with E-state index >= 15 is 0 Å². The van der Waals surface area contributed by atoms with Crippen LogP contribution in [0.5, 0.6) is 0 Å². The van der Waals surface area contributed by atoms with Crippen molar-refractivity contribution < 1.29 is 23.8 Å². The molecule has 0 saturated heterocycles. The maximum absolute atomic E-state index is 12.6. The monoisotopic (exact) mass is 793 g/mol. The van der Waals surface area contributed by atoms with Crippen LogP contribution in [0, 0.1) is 0 Å². The predicted octanol–water partition coefficient (Wildman–Crippen LogP) is 16.9. The largest absolute Gasteiger partial charge is 0.462 e. The Bertz CT molecular complexity index is 769. The molecule has 334 valence electrons. The first-order chi connectivity index (χ1) is 27.6. The summed E-state index contributed by atoms with van der Waals surface area (Å²) in [7, 11) is 0. The second-order valence-corrected chi connectivity index (χ2v) is 17.5. The van der Waals surface area contributed by atoms with E-state index < -0.39 is 6.10 Å². The maximum Gasteiger partial charge on any atom is 0.306 e. The van der Waals surface area contributed by atoms with Crippen LogP contribution < -0.4 is 0 Å². The number of hydrogen-bond donors (Lipinski definition) is 0. The van der Waals surface area contributed by atoms with Crippen LogP contribution >= 0.6 is 0 Å². The molecule has 0 aromatic rings. The first kappa shape index (κ1) is 54.9. The van der Waals surface area contributed by atoms with Crippen LogP contribution in [0.25, 0.3) is 0 Å². The Morgan fingerprint density at radius 1 is 0.321 bits per heavy atom. The molecule has 0 aliphatic carbocycles. The number of unbranched alkanes of at least 4 members (excludes halogenated alkanes) is 37. The van der Waals surface area contributed by atoms with Crippen molar-refractivity contribution in [3.8, 4) is 0 Å². The third kappa shape index (κ3) is 45.6. The third-order valence-corrected chi connectivity index (χ3v) is 11.6. The van der Waals surface area contributed by atoms with Gasteiger partial charge in [-0.05, 0) is 19.3 Å². The lowest BCUT2D eigenvalue weighted by Gasteiger charge is -2.18. The molecular formula is C51H100O5. The topological polar surface area (TPSA) is 61.8 Å². The molecular weight excluding hydrogens is 693 g/mol. The van der Waals surface area contributed by atoms with Gasteiger partial charge < -0.3 is 14.2 Å². The molecule has 0 bridgehead atoms. The van der Waals surface area contributed by atoms with Crippen LogP contribution in [0.3, 0.4) is 0 Å². The minimum absolute atomic E-state index is 0.0965. The zero-order valence-electron chi connectivity index (χ0n) is 38.4. The molecule has 0 amide bonds. The molecule has 0 aromatic carbocycles. The van der Waals surface area contributed by atoms with E-state index in [1.165, 1.54) is 225 Å². The first-order valence-electron chi connectivity index (χ1n) is 25.6. The molecule has 0 spiro atoms. The average molecular weight is 793 g/mol. The fraction of sp³-hybridized carbons (Fsp3) is 0.961. The molecule has 0 rings (SSSR count). The molecule has 0 radical (unpaired) electrons. The molecule has 0 aliphatic rings. The molecule has 0 aromatic heterocycles. The minimum Gasteiger partial charge on any atom is -0.462 e. The Morgan fingerprint density at radius 2 is 0.589 bits per heavy atom. The molecule has 1 unspecified atom stereocenters. The van der Waals surface area contributed by atoms with Gasteiger partial charge >= 0.3 is 11.9 Å². The Kier molecular flexibility index (Phi) is 47.3. The Balaban J connectivity index is 4.01. The van der Waals surface area contributed by atoms with Gasteiger partial charge in [-0.25, -0.2) is 0 Å². The first-order valence-corrected chi connectivity index (χ1v) is 25.6. The average Bonchev–Trinajstić information content (AvgIpc) is 3.20. The highest BCUT2D eigenvalue weighted by molar-refractivity contribution is 5.70. The highest BCUT2D eigenvalue weighted by atomic mass is 16.6. The van der Waals surface area contributed by atoms with Crippen LogP contribution in [-0.4, -0.2) is 37.9 Å². The van der Waals surface area contributed by atoms with Gasteiger partial charge in [0.15, 0.2) is 6.10 Å². The summed E-state index contributed by atoms with van der Waals surface area (Å²) in [5, 5.41) is 0. The van der Waals surface area contributed by atoms with Crippen LogP contribution in [0.1, 0.15) is 290 Å². The zero-order chi connectivity index (χ0) is 40.7. The van der Waals surface area contributed by atoms with Crippen molar-refractivity contribution in [2.45, 2.75) is 297 Å². The number of carbonyl (C=O) groups excluding carboxylic acids is 2. The molecule has 56 heavy (non-hydrogen) atoms. The number of esters is 2. The van der Waals surface area contributed by atoms with Crippen molar-refractivity contribution in [3.05, 3.63) is 0 Å². The highest BCUT2D eigenvalue weighted by Gasteiger charge is 2.17. The lowest BCUT2D eigenvalue weighted by atomic mass is 10.0. The van der Waals surface area contributed by atoms with Crippen molar-refractivity contribution in [1.29, 1.82) is 0 Å². The molecule has 5 nitrogen and oxygen atoms in total. The smallest absolute Gasteiger partial charge is 0.306 e. The summed E-state index contributed by atoms with van der Waals surface area (Å²) in [4.78, 5) is 25.2. The van der Waals surface area contributed by atoms with E-state index in [1.807, 2.05) is 0 Å². The lowest BCUT2D eigenvalue weighted by molar-refractivity contribution is -0.163. The second-order valence-electron chi connectivity index (χ2n) is 17.5. The number of rotatable bonds is 48. The molecule has 0 fully saturated rings. The summed E-state index contributed by atoms with van der Waals surface area (Å²) in [5.74, 6) is -0.381. The van der Waals surface area contributed by atoms with Gasteiger partial charge in [0.2, 0.25) is 0 Å². The molecule has 0 N–H and O–H groups in total. The van der Waals surface area contributed by atoms with E-state index in [0.717, 1.165) is 32.1 Å². The van der Waals surface area contributed by atoms with Gasteiger partial charge in [-0.15, -0.1) is 0 Å². The van der Waals surface area contributed by atoms with Crippen LogP contribution in [0.2, 0.25) is 0 Å². The van der Waals surface area contributed by atoms with E-state index in [-0.39, 0.29) is 18.5 Å². The van der Waals surface area contributed by atoms with Crippen molar-refractivity contribution >= 4 is 11.9 Å². The summed E-state index contributed by atoms with van der Waals surface area (Å²) in [6.45, 7) is 7.86. The van der Waals surface area contributed by atoms with Gasteiger partial charge in [-0.2, -0.15) is 0 Å². The Hall–Kier alpha value is -1.10. The summed E-state index contributed by atoms with van der Waals surface area (Å²) in [6, 6.07) is 0. The van der Waals surface area contributed by atoms with Gasteiger partial charge in [0.25, 0.3) is 0 Å². The molecule has 0 saturated carbocycles. The van der Waals surface area contributed by atoms with Crippen LogP contribution in [0.15, 0.2) is 0 Å². The number of hydrogen-bond acceptors (Lipinski definition) is 5. The van der Waals surface area contributed by atoms with Gasteiger partial charge in [0.1, 0.15) is 6.61 Å². The van der Waals surface area contributed by atoms with E-state index in [4.69, 9.17) is 14.2 Å². The third-order valence-electron chi connectivity index (χ3n) is 11.6. The minimum atomic E-state index is -0.521. The van der Waals surface area contributed by atoms with E-state index in [1.54, 1.807) is 0 Å². The standard InChI is InChI=1S/C51H100O5/c1-4-7-10-13-16-18-20-22-23-24-25-26-27-28-30-32-34-37-40-43-46-54-47-49(56-51(53)45-42-39-35-15-12-9-6-3)48-55-50(52)44-41-38-36-33-31-29-21-19-17-14-11-8-5-2/h49H,4-48H2,1-3H3. The molecule has 1 atom stereocenters. The zero-order valence-corrected chi connectivity index (χ0v) is 38.4. The summed E-state index contributed by atoms with van der Waals surface area (Å²) in [5.41, 5.74) is 0. The van der Waals surface area contributed by atoms with E-state index in [2.05, 4.69) is 20.8 Å². The quantitative estimate of drug-likeness (QED) is 0.0454. The Morgan fingerprint density at radius 3 is 0.911 bits per heavy atom. The van der Waals surface area contributed by atoms with Gasteiger partial charge in [-0.1, -0.05) is 258 Å². The van der Waals surface area contributed by atoms with E-state index in [0.29, 0.717) is 26.1 Å². The molecule has 5 heteroatoms. The summed E-state index contributed by atoms with van der Waals surface area (Å²) in [6.07, 6.45) is 52.7. The van der Waals surface area contributed by atoms with Crippen LogP contribution in [-0.2, 0) is 23.8 Å². The Labute approximate surface area is 351 Å². The lowest BCUT2D eigenvalue weighted by Crippen LogP contribution is -2.30.